The molecule has 0 saturated heterocycles. The summed E-state index contributed by atoms with van der Waals surface area (Å²) in [6, 6.07) is -0.0650. The predicted octanol–water partition coefficient (Wildman–Crippen LogP) is 2.73. The van der Waals surface area contributed by atoms with Gasteiger partial charge in [0.2, 0.25) is 0 Å². The minimum Gasteiger partial charge on any atom is -0.460 e. The maximum atomic E-state index is 12.0. The van der Waals surface area contributed by atoms with Crippen molar-refractivity contribution >= 4 is 5.97 Å². The molecule has 0 bridgehead atoms. The zero-order valence-corrected chi connectivity index (χ0v) is 12.0. The molecule has 3 heteroatoms. The number of hydrogen-bond acceptors (Lipinski definition) is 3. The topological polar surface area (TPSA) is 52.3 Å². The summed E-state index contributed by atoms with van der Waals surface area (Å²) >= 11 is 0. The Kier molecular flexibility index (Phi) is 3.92. The SMILES string of the molecule is CC(C)(C)OC(=O)[C@@H]1CC[C@@H](C(C)(C)C)[C@@H]1N. The summed E-state index contributed by atoms with van der Waals surface area (Å²) in [4.78, 5) is 12.0. The lowest BCUT2D eigenvalue weighted by Crippen LogP contribution is -2.42. The van der Waals surface area contributed by atoms with Gasteiger partial charge in [0.25, 0.3) is 0 Å². The molecule has 1 aliphatic carbocycles. The van der Waals surface area contributed by atoms with E-state index < -0.39 is 5.60 Å². The van der Waals surface area contributed by atoms with Crippen LogP contribution in [0.2, 0.25) is 0 Å². The molecule has 3 atom stereocenters. The van der Waals surface area contributed by atoms with Crippen molar-refractivity contribution in [3.8, 4) is 0 Å². The molecule has 0 aromatic heterocycles. The minimum atomic E-state index is -0.420. The van der Waals surface area contributed by atoms with E-state index in [0.29, 0.717) is 5.92 Å². The smallest absolute Gasteiger partial charge is 0.311 e. The van der Waals surface area contributed by atoms with Crippen molar-refractivity contribution in [2.45, 2.75) is 66.0 Å². The fourth-order valence-electron chi connectivity index (χ4n) is 2.69. The molecule has 0 unspecified atom stereocenters. The number of carbonyl (C=O) groups is 1. The summed E-state index contributed by atoms with van der Waals surface area (Å²) in [5, 5.41) is 0. The molecule has 1 saturated carbocycles. The summed E-state index contributed by atoms with van der Waals surface area (Å²) < 4.78 is 5.43. The Labute approximate surface area is 105 Å². The van der Waals surface area contributed by atoms with Gasteiger partial charge in [-0.1, -0.05) is 20.8 Å². The van der Waals surface area contributed by atoms with Gasteiger partial charge in [-0.05, 0) is 44.9 Å². The molecule has 100 valence electrons. The second kappa shape index (κ2) is 4.60. The molecule has 3 nitrogen and oxygen atoms in total. The number of esters is 1. The summed E-state index contributed by atoms with van der Waals surface area (Å²) in [5.41, 5.74) is 5.97. The van der Waals surface area contributed by atoms with E-state index in [4.69, 9.17) is 10.5 Å². The third-order valence-corrected chi connectivity index (χ3v) is 3.54. The molecule has 1 rings (SSSR count). The Hall–Kier alpha value is -0.570. The van der Waals surface area contributed by atoms with E-state index in [1.54, 1.807) is 0 Å². The van der Waals surface area contributed by atoms with Gasteiger partial charge in [0.05, 0.1) is 5.92 Å². The first-order chi connectivity index (χ1) is 7.52. The van der Waals surface area contributed by atoms with Gasteiger partial charge in [0.1, 0.15) is 5.60 Å². The van der Waals surface area contributed by atoms with Crippen LogP contribution in [0.15, 0.2) is 0 Å². The average molecular weight is 241 g/mol. The Morgan fingerprint density at radius 2 is 1.65 bits per heavy atom. The van der Waals surface area contributed by atoms with Crippen molar-refractivity contribution < 1.29 is 9.53 Å². The number of hydrogen-bond donors (Lipinski definition) is 1. The maximum Gasteiger partial charge on any atom is 0.311 e. The molecule has 0 aromatic carbocycles. The number of rotatable bonds is 1. The van der Waals surface area contributed by atoms with Crippen LogP contribution < -0.4 is 5.73 Å². The first-order valence-corrected chi connectivity index (χ1v) is 6.51. The summed E-state index contributed by atoms with van der Waals surface area (Å²) in [6.45, 7) is 12.3. The van der Waals surface area contributed by atoms with Gasteiger partial charge >= 0.3 is 5.97 Å². The summed E-state index contributed by atoms with van der Waals surface area (Å²) in [5.74, 6) is 0.148. The van der Waals surface area contributed by atoms with E-state index in [9.17, 15) is 4.79 Å². The standard InChI is InChI=1S/C14H27NO2/c1-13(2,3)10-8-7-9(11(10)15)12(16)17-14(4,5)6/h9-11H,7-8,15H2,1-6H3/t9-,10-,11-/m1/s1. The fraction of sp³-hybridized carbons (Fsp3) is 0.929. The van der Waals surface area contributed by atoms with Crippen molar-refractivity contribution in [2.75, 3.05) is 0 Å². The molecule has 0 aromatic rings. The lowest BCUT2D eigenvalue weighted by molar-refractivity contribution is -0.160. The predicted molar refractivity (Wildman–Crippen MR) is 69.5 cm³/mol. The van der Waals surface area contributed by atoms with Gasteiger partial charge < -0.3 is 10.5 Å². The molecule has 0 radical (unpaired) electrons. The van der Waals surface area contributed by atoms with E-state index in [1.165, 1.54) is 0 Å². The normalized spacial score (nSPS) is 30.4. The van der Waals surface area contributed by atoms with Crippen molar-refractivity contribution in [1.29, 1.82) is 0 Å². The summed E-state index contributed by atoms with van der Waals surface area (Å²) in [6.07, 6.45) is 1.88. The largest absolute Gasteiger partial charge is 0.460 e. The first-order valence-electron chi connectivity index (χ1n) is 6.51. The maximum absolute atomic E-state index is 12.0. The van der Waals surface area contributed by atoms with Crippen LogP contribution in [0.5, 0.6) is 0 Å². The van der Waals surface area contributed by atoms with Gasteiger partial charge in [-0.15, -0.1) is 0 Å². The zero-order valence-electron chi connectivity index (χ0n) is 12.0. The highest BCUT2D eigenvalue weighted by Crippen LogP contribution is 2.42. The van der Waals surface area contributed by atoms with Crippen LogP contribution in [0.3, 0.4) is 0 Å². The molecule has 0 spiro atoms. The Morgan fingerprint density at radius 1 is 1.12 bits per heavy atom. The Balaban J connectivity index is 2.68. The highest BCUT2D eigenvalue weighted by molar-refractivity contribution is 5.74. The van der Waals surface area contributed by atoms with E-state index in [-0.39, 0.29) is 23.3 Å². The van der Waals surface area contributed by atoms with Crippen molar-refractivity contribution in [1.82, 2.24) is 0 Å². The van der Waals surface area contributed by atoms with Crippen LogP contribution in [0.1, 0.15) is 54.4 Å². The van der Waals surface area contributed by atoms with Crippen LogP contribution in [-0.2, 0) is 9.53 Å². The summed E-state index contributed by atoms with van der Waals surface area (Å²) in [7, 11) is 0. The monoisotopic (exact) mass is 241 g/mol. The van der Waals surface area contributed by atoms with Crippen LogP contribution >= 0.6 is 0 Å². The molecular formula is C14H27NO2. The third-order valence-electron chi connectivity index (χ3n) is 3.54. The lowest BCUT2D eigenvalue weighted by Gasteiger charge is -2.32. The van der Waals surface area contributed by atoms with E-state index in [0.717, 1.165) is 12.8 Å². The van der Waals surface area contributed by atoms with Crippen molar-refractivity contribution in [2.24, 2.45) is 23.0 Å². The van der Waals surface area contributed by atoms with E-state index in [1.807, 2.05) is 20.8 Å². The quantitative estimate of drug-likeness (QED) is 0.718. The highest BCUT2D eigenvalue weighted by atomic mass is 16.6. The molecule has 1 aliphatic rings. The van der Waals surface area contributed by atoms with Gasteiger partial charge in [-0.25, -0.2) is 0 Å². The second-order valence-electron chi connectivity index (χ2n) is 7.27. The van der Waals surface area contributed by atoms with E-state index in [2.05, 4.69) is 20.8 Å². The Bertz CT molecular complexity index is 286. The number of ether oxygens (including phenoxy) is 1. The van der Waals surface area contributed by atoms with E-state index >= 15 is 0 Å². The molecule has 0 amide bonds. The minimum absolute atomic E-state index is 0.0650. The number of nitrogens with two attached hydrogens (primary N) is 1. The molecule has 17 heavy (non-hydrogen) atoms. The van der Waals surface area contributed by atoms with Crippen LogP contribution in [-0.4, -0.2) is 17.6 Å². The van der Waals surface area contributed by atoms with Crippen LogP contribution in [0, 0.1) is 17.3 Å². The average Bonchev–Trinajstić information content (AvgIpc) is 2.42. The highest BCUT2D eigenvalue weighted by Gasteiger charge is 2.44. The molecule has 0 heterocycles. The number of carbonyl (C=O) groups excluding carboxylic acids is 1. The van der Waals surface area contributed by atoms with Gasteiger partial charge in [0.15, 0.2) is 0 Å². The molecular weight excluding hydrogens is 214 g/mol. The van der Waals surface area contributed by atoms with Gasteiger partial charge in [-0.3, -0.25) is 4.79 Å². The zero-order chi connectivity index (χ0) is 13.4. The molecule has 2 N–H and O–H groups in total. The first kappa shape index (κ1) is 14.5. The fourth-order valence-corrected chi connectivity index (χ4v) is 2.69. The van der Waals surface area contributed by atoms with Crippen LogP contribution in [0.4, 0.5) is 0 Å². The van der Waals surface area contributed by atoms with Crippen molar-refractivity contribution in [3.63, 3.8) is 0 Å². The van der Waals surface area contributed by atoms with Crippen molar-refractivity contribution in [3.05, 3.63) is 0 Å². The van der Waals surface area contributed by atoms with Gasteiger partial charge in [-0.2, -0.15) is 0 Å². The van der Waals surface area contributed by atoms with Gasteiger partial charge in [0, 0.05) is 6.04 Å². The molecule has 1 fully saturated rings. The molecule has 0 aliphatic heterocycles. The lowest BCUT2D eigenvalue weighted by atomic mass is 9.77. The Morgan fingerprint density at radius 3 is 2.00 bits per heavy atom. The van der Waals surface area contributed by atoms with Crippen LogP contribution in [0.25, 0.3) is 0 Å². The second-order valence-corrected chi connectivity index (χ2v) is 7.27. The third kappa shape index (κ3) is 3.70.